The highest BCUT2D eigenvalue weighted by Crippen LogP contribution is 2.52. The van der Waals surface area contributed by atoms with E-state index in [2.05, 4.69) is 6.08 Å². The zero-order valence-corrected chi connectivity index (χ0v) is 11.8. The van der Waals surface area contributed by atoms with Gasteiger partial charge in [0.15, 0.2) is 0 Å². The minimum Gasteiger partial charge on any atom is -0.454 e. The van der Waals surface area contributed by atoms with Gasteiger partial charge in [-0.3, -0.25) is 0 Å². The first kappa shape index (κ1) is 13.8. The fourth-order valence-electron chi connectivity index (χ4n) is 3.25. The van der Waals surface area contributed by atoms with Gasteiger partial charge >= 0.3 is 5.97 Å². The Balaban J connectivity index is 1.82. The van der Waals surface area contributed by atoms with Gasteiger partial charge in [-0.25, -0.2) is 4.79 Å². The third kappa shape index (κ3) is 2.01. The summed E-state index contributed by atoms with van der Waals surface area (Å²) in [6.45, 7) is 3.87. The smallest absolute Gasteiger partial charge is 0.334 e. The van der Waals surface area contributed by atoms with E-state index >= 15 is 0 Å². The van der Waals surface area contributed by atoms with Gasteiger partial charge in [-0.2, -0.15) is 0 Å². The first-order valence-electron chi connectivity index (χ1n) is 7.02. The van der Waals surface area contributed by atoms with Crippen molar-refractivity contribution in [2.45, 2.75) is 57.0 Å². The van der Waals surface area contributed by atoms with Gasteiger partial charge in [-0.1, -0.05) is 11.6 Å². The molecule has 110 valence electrons. The Morgan fingerprint density at radius 2 is 2.25 bits per heavy atom. The van der Waals surface area contributed by atoms with Crippen molar-refractivity contribution in [1.29, 1.82) is 0 Å². The van der Waals surface area contributed by atoms with Crippen LogP contribution in [-0.2, 0) is 14.3 Å². The minimum atomic E-state index is -0.839. The maximum Gasteiger partial charge on any atom is 0.334 e. The number of hydrogen-bond acceptors (Lipinski definition) is 5. The fraction of sp³-hybridized carbons (Fsp3) is 0.667. The number of epoxide rings is 1. The van der Waals surface area contributed by atoms with E-state index in [9.17, 15) is 15.0 Å². The lowest BCUT2D eigenvalue weighted by Crippen LogP contribution is -2.41. The highest BCUT2D eigenvalue weighted by Gasteiger charge is 2.67. The van der Waals surface area contributed by atoms with Crippen LogP contribution in [0.15, 0.2) is 22.8 Å². The molecule has 0 bridgehead atoms. The summed E-state index contributed by atoms with van der Waals surface area (Å²) >= 11 is 0. The molecular weight excluding hydrogens is 260 g/mol. The molecular formula is C15H20O5. The largest absolute Gasteiger partial charge is 0.454 e. The molecule has 5 nitrogen and oxygen atoms in total. The van der Waals surface area contributed by atoms with E-state index in [-0.39, 0.29) is 12.6 Å². The van der Waals surface area contributed by atoms with Gasteiger partial charge in [-0.05, 0) is 26.7 Å². The lowest BCUT2D eigenvalue weighted by Gasteiger charge is -2.26. The molecule has 20 heavy (non-hydrogen) atoms. The van der Waals surface area contributed by atoms with E-state index in [1.165, 1.54) is 5.57 Å². The Morgan fingerprint density at radius 1 is 1.50 bits per heavy atom. The standard InChI is InChI=1S/C15H20O5/c1-8(2)4-3-5-9-11-10(19-14(9)18)6-15(7-16)13(20-15)12(11)17/h4,10,12-13,16-17H,3,5-7H2,1-2H3/t10-,12-,13-,15-/m0/s1. The van der Waals surface area contributed by atoms with Crippen molar-refractivity contribution in [3.8, 4) is 0 Å². The van der Waals surface area contributed by atoms with E-state index in [1.54, 1.807) is 0 Å². The first-order chi connectivity index (χ1) is 9.48. The minimum absolute atomic E-state index is 0.150. The molecule has 1 saturated heterocycles. The van der Waals surface area contributed by atoms with Crippen LogP contribution in [0.4, 0.5) is 0 Å². The molecule has 0 spiro atoms. The lowest BCUT2D eigenvalue weighted by atomic mass is 9.80. The molecule has 1 saturated carbocycles. The van der Waals surface area contributed by atoms with E-state index in [4.69, 9.17) is 9.47 Å². The number of aliphatic hydroxyl groups is 2. The topological polar surface area (TPSA) is 79.3 Å². The molecule has 2 N–H and O–H groups in total. The average Bonchev–Trinajstić information content (AvgIpc) is 3.03. The van der Waals surface area contributed by atoms with Crippen molar-refractivity contribution in [2.24, 2.45) is 0 Å². The molecule has 4 atom stereocenters. The van der Waals surface area contributed by atoms with Crippen LogP contribution in [0.5, 0.6) is 0 Å². The Kier molecular flexibility index (Phi) is 3.23. The fourth-order valence-corrected chi connectivity index (χ4v) is 3.25. The van der Waals surface area contributed by atoms with Crippen LogP contribution < -0.4 is 0 Å². The highest BCUT2D eigenvalue weighted by molar-refractivity contribution is 5.92. The van der Waals surface area contributed by atoms with Crippen LogP contribution in [0.2, 0.25) is 0 Å². The molecule has 5 heteroatoms. The summed E-state index contributed by atoms with van der Waals surface area (Å²) < 4.78 is 10.8. The van der Waals surface area contributed by atoms with Gasteiger partial charge in [0.2, 0.25) is 0 Å². The predicted octanol–water partition coefficient (Wildman–Crippen LogP) is 0.849. The molecule has 0 unspecified atom stereocenters. The van der Waals surface area contributed by atoms with Crippen LogP contribution >= 0.6 is 0 Å². The van der Waals surface area contributed by atoms with Gasteiger partial charge in [0.05, 0.1) is 6.61 Å². The van der Waals surface area contributed by atoms with E-state index in [0.29, 0.717) is 24.0 Å². The third-order valence-electron chi connectivity index (χ3n) is 4.36. The molecule has 3 rings (SSSR count). The van der Waals surface area contributed by atoms with Crippen LogP contribution in [0.1, 0.15) is 33.1 Å². The molecule has 0 amide bonds. The number of ether oxygens (including phenoxy) is 2. The van der Waals surface area contributed by atoms with Gasteiger partial charge in [0.25, 0.3) is 0 Å². The monoisotopic (exact) mass is 280 g/mol. The Labute approximate surface area is 117 Å². The summed E-state index contributed by atoms with van der Waals surface area (Å²) in [6.07, 6.45) is 2.16. The Bertz CT molecular complexity index is 498. The zero-order chi connectivity index (χ0) is 14.5. The summed E-state index contributed by atoms with van der Waals surface area (Å²) in [5.74, 6) is -0.333. The van der Waals surface area contributed by atoms with Crippen LogP contribution in [-0.4, -0.2) is 46.7 Å². The normalized spacial score (nSPS) is 38.2. The highest BCUT2D eigenvalue weighted by atomic mass is 16.6. The second kappa shape index (κ2) is 4.69. The lowest BCUT2D eigenvalue weighted by molar-refractivity contribution is -0.141. The summed E-state index contributed by atoms with van der Waals surface area (Å²) in [7, 11) is 0. The van der Waals surface area contributed by atoms with Crippen molar-refractivity contribution < 1.29 is 24.5 Å². The molecule has 0 aromatic carbocycles. The number of esters is 1. The third-order valence-corrected chi connectivity index (χ3v) is 4.36. The summed E-state index contributed by atoms with van der Waals surface area (Å²) in [4.78, 5) is 12.0. The number of hydrogen-bond donors (Lipinski definition) is 2. The second-order valence-electron chi connectivity index (χ2n) is 6.06. The molecule has 0 radical (unpaired) electrons. The Morgan fingerprint density at radius 3 is 2.90 bits per heavy atom. The molecule has 2 fully saturated rings. The van der Waals surface area contributed by atoms with Crippen molar-refractivity contribution in [3.05, 3.63) is 22.8 Å². The van der Waals surface area contributed by atoms with Crippen molar-refractivity contribution in [1.82, 2.24) is 0 Å². The number of aliphatic hydroxyl groups excluding tert-OH is 2. The van der Waals surface area contributed by atoms with Gasteiger partial charge < -0.3 is 19.7 Å². The SMILES string of the molecule is CC(C)=CCCC1=C2[C@H](C[C@@]3(CO)O[C@H]3[C@H]2O)OC1=O. The van der Waals surface area contributed by atoms with Crippen LogP contribution in [0.3, 0.4) is 0 Å². The predicted molar refractivity (Wildman–Crippen MR) is 70.9 cm³/mol. The van der Waals surface area contributed by atoms with Crippen LogP contribution in [0, 0.1) is 0 Å². The van der Waals surface area contributed by atoms with Gasteiger partial charge in [-0.15, -0.1) is 0 Å². The molecule has 0 aromatic heterocycles. The van der Waals surface area contributed by atoms with E-state index in [0.717, 1.165) is 6.42 Å². The molecule has 2 aliphatic heterocycles. The number of fused-ring (bicyclic) bond motifs is 2. The van der Waals surface area contributed by atoms with Gasteiger partial charge in [0.1, 0.15) is 23.9 Å². The van der Waals surface area contributed by atoms with Crippen LogP contribution in [0.25, 0.3) is 0 Å². The summed E-state index contributed by atoms with van der Waals surface area (Å²) in [5.41, 5.74) is 1.75. The molecule has 3 aliphatic rings. The molecule has 2 heterocycles. The van der Waals surface area contributed by atoms with E-state index < -0.39 is 23.9 Å². The average molecular weight is 280 g/mol. The zero-order valence-electron chi connectivity index (χ0n) is 11.8. The number of carbonyl (C=O) groups is 1. The number of rotatable bonds is 4. The molecule has 1 aliphatic carbocycles. The van der Waals surface area contributed by atoms with Gasteiger partial charge in [0, 0.05) is 17.6 Å². The number of allylic oxidation sites excluding steroid dienone is 2. The summed E-state index contributed by atoms with van der Waals surface area (Å²) in [5, 5.41) is 19.7. The van der Waals surface area contributed by atoms with Crippen molar-refractivity contribution in [2.75, 3.05) is 6.61 Å². The number of carbonyl (C=O) groups excluding carboxylic acids is 1. The molecule has 0 aromatic rings. The summed E-state index contributed by atoms with van der Waals surface area (Å²) in [6, 6.07) is 0. The maximum absolute atomic E-state index is 12.0. The Hall–Kier alpha value is -1.17. The van der Waals surface area contributed by atoms with Crippen molar-refractivity contribution >= 4 is 5.97 Å². The first-order valence-corrected chi connectivity index (χ1v) is 7.02. The second-order valence-corrected chi connectivity index (χ2v) is 6.06. The maximum atomic E-state index is 12.0. The van der Waals surface area contributed by atoms with E-state index in [1.807, 2.05) is 13.8 Å². The quantitative estimate of drug-likeness (QED) is 0.453. The van der Waals surface area contributed by atoms with Crippen molar-refractivity contribution in [3.63, 3.8) is 0 Å².